The van der Waals surface area contributed by atoms with Gasteiger partial charge in [-0.15, -0.1) is 0 Å². The number of nitrogens with one attached hydrogen (secondary N) is 1. The highest BCUT2D eigenvalue weighted by atomic mass is 35.5. The van der Waals surface area contributed by atoms with Crippen molar-refractivity contribution >= 4 is 40.0 Å². The molecule has 1 aromatic heterocycles. The summed E-state index contributed by atoms with van der Waals surface area (Å²) in [5.74, 6) is -2.68. The van der Waals surface area contributed by atoms with Gasteiger partial charge in [0.05, 0.1) is 16.0 Å². The Bertz CT molecular complexity index is 998. The van der Waals surface area contributed by atoms with E-state index in [2.05, 4.69) is 10.3 Å². The maximum atomic E-state index is 14.1. The third-order valence-corrected chi connectivity index (χ3v) is 3.77. The minimum absolute atomic E-state index is 0.0865. The molecule has 0 aliphatic carbocycles. The molecule has 2 aromatic carbocycles. The molecule has 2 N–H and O–H groups in total. The average Bonchev–Trinajstić information content (AvgIpc) is 2.58. The first-order valence-corrected chi connectivity index (χ1v) is 7.32. The number of carbonyl (C=O) groups is 1. The number of carboxylic acid groups (broad SMARTS) is 1. The van der Waals surface area contributed by atoms with Gasteiger partial charge in [0.1, 0.15) is 18.7 Å². The van der Waals surface area contributed by atoms with Gasteiger partial charge in [-0.1, -0.05) is 11.6 Å². The number of hydrogen-bond donors (Lipinski definition) is 2. The average molecular weight is 367 g/mol. The number of benzene rings is 2. The first-order valence-electron chi connectivity index (χ1n) is 6.94. The number of aromatic nitrogens is 2. The van der Waals surface area contributed by atoms with Gasteiger partial charge in [-0.2, -0.15) is 0 Å². The minimum Gasteiger partial charge on any atom is -0.478 e. The fourth-order valence-electron chi connectivity index (χ4n) is 2.30. The predicted molar refractivity (Wildman–Crippen MR) is 86.1 cm³/mol. The highest BCUT2D eigenvalue weighted by molar-refractivity contribution is 6.31. The van der Waals surface area contributed by atoms with Crippen LogP contribution in [-0.4, -0.2) is 23.2 Å². The van der Waals surface area contributed by atoms with Crippen LogP contribution < -0.4 is 14.9 Å². The lowest BCUT2D eigenvalue weighted by molar-refractivity contribution is -0.867. The van der Waals surface area contributed by atoms with Gasteiger partial charge in [0.15, 0.2) is 5.52 Å². The van der Waals surface area contributed by atoms with Crippen LogP contribution >= 0.6 is 11.6 Å². The summed E-state index contributed by atoms with van der Waals surface area (Å²) < 4.78 is 28.5. The van der Waals surface area contributed by atoms with E-state index in [1.165, 1.54) is 36.4 Å². The number of carboxylic acids is 1. The Morgan fingerprint density at radius 2 is 2.04 bits per heavy atom. The molecule has 0 fully saturated rings. The molecule has 0 saturated heterocycles. The summed E-state index contributed by atoms with van der Waals surface area (Å²) in [5, 5.41) is 12.2. The van der Waals surface area contributed by atoms with Gasteiger partial charge in [-0.25, -0.2) is 13.6 Å². The highest BCUT2D eigenvalue weighted by Crippen LogP contribution is 2.27. The zero-order valence-corrected chi connectivity index (χ0v) is 13.5. The Labute approximate surface area is 145 Å². The monoisotopic (exact) mass is 366 g/mol. The zero-order chi connectivity index (χ0) is 18.1. The molecule has 0 unspecified atom stereocenters. The molecule has 1 heterocycles. The molecule has 9 heteroatoms. The van der Waals surface area contributed by atoms with E-state index in [1.807, 2.05) is 0 Å². The second-order valence-corrected chi connectivity index (χ2v) is 5.42. The molecule has 0 atom stereocenters. The topological polar surface area (TPSA) is 75.3 Å². The van der Waals surface area contributed by atoms with E-state index in [1.54, 1.807) is 0 Å². The van der Waals surface area contributed by atoms with Gasteiger partial charge in [0.25, 0.3) is 5.82 Å². The Morgan fingerprint density at radius 1 is 1.28 bits per heavy atom. The lowest BCUT2D eigenvalue weighted by atomic mass is 10.1. The fourth-order valence-corrected chi connectivity index (χ4v) is 2.48. The Balaban J connectivity index is 2.17. The van der Waals surface area contributed by atoms with Gasteiger partial charge in [-0.3, -0.25) is 0 Å². The summed E-state index contributed by atoms with van der Waals surface area (Å²) in [6, 6.07) is 6.14. The van der Waals surface area contributed by atoms with Crippen molar-refractivity contribution in [2.75, 3.05) is 12.4 Å². The number of nitrogens with zero attached hydrogens (tertiary/aromatic N) is 2. The second-order valence-electron chi connectivity index (χ2n) is 5.01. The van der Waals surface area contributed by atoms with Crippen LogP contribution in [0, 0.1) is 11.6 Å². The molecular formula is C16H11ClF2N3O3+. The molecule has 6 nitrogen and oxygen atoms in total. The maximum Gasteiger partial charge on any atom is 0.338 e. The quantitative estimate of drug-likeness (QED) is 0.694. The summed E-state index contributed by atoms with van der Waals surface area (Å²) in [6.07, 6.45) is 1.29. The molecule has 0 aliphatic rings. The van der Waals surface area contributed by atoms with Crippen LogP contribution in [0.3, 0.4) is 0 Å². The van der Waals surface area contributed by atoms with Gasteiger partial charge >= 0.3 is 12.3 Å². The summed E-state index contributed by atoms with van der Waals surface area (Å²) in [4.78, 5) is 20.3. The predicted octanol–water partition coefficient (Wildman–Crippen LogP) is 2.95. The van der Waals surface area contributed by atoms with E-state index < -0.39 is 23.2 Å². The lowest BCUT2D eigenvalue weighted by Crippen LogP contribution is -2.41. The maximum absolute atomic E-state index is 14.1. The lowest BCUT2D eigenvalue weighted by Gasteiger charge is -2.08. The Kier molecular flexibility index (Phi) is 4.37. The van der Waals surface area contributed by atoms with Gasteiger partial charge in [0, 0.05) is 11.8 Å². The van der Waals surface area contributed by atoms with Crippen LogP contribution in [0.5, 0.6) is 0 Å². The van der Waals surface area contributed by atoms with Crippen molar-refractivity contribution in [1.29, 1.82) is 0 Å². The van der Waals surface area contributed by atoms with E-state index in [4.69, 9.17) is 21.5 Å². The molecule has 0 aliphatic heterocycles. The van der Waals surface area contributed by atoms with Crippen molar-refractivity contribution in [1.82, 2.24) is 4.98 Å². The molecule has 25 heavy (non-hydrogen) atoms. The van der Waals surface area contributed by atoms with E-state index in [0.29, 0.717) is 5.69 Å². The number of halogens is 3. The zero-order valence-electron chi connectivity index (χ0n) is 12.8. The van der Waals surface area contributed by atoms with Crippen LogP contribution in [-0.2, 0) is 0 Å². The smallest absolute Gasteiger partial charge is 0.338 e. The van der Waals surface area contributed by atoms with E-state index >= 15 is 0 Å². The van der Waals surface area contributed by atoms with Crippen LogP contribution in [0.1, 0.15) is 10.4 Å². The fraction of sp³-hybridized carbons (Fsp3) is 0.0625. The van der Waals surface area contributed by atoms with Crippen molar-refractivity contribution in [3.05, 3.63) is 58.9 Å². The Hall–Kier alpha value is -3.00. The van der Waals surface area contributed by atoms with Gasteiger partial charge in [-0.05, 0) is 34.0 Å². The van der Waals surface area contributed by atoms with Crippen molar-refractivity contribution < 1.29 is 28.2 Å². The van der Waals surface area contributed by atoms with Crippen molar-refractivity contribution in [2.45, 2.75) is 0 Å². The number of fused-ring (bicyclic) bond motifs is 1. The number of rotatable bonds is 4. The summed E-state index contributed by atoms with van der Waals surface area (Å²) in [7, 11) is 1.36. The molecular weight excluding hydrogens is 356 g/mol. The third-order valence-electron chi connectivity index (χ3n) is 3.48. The molecule has 0 amide bonds. The largest absolute Gasteiger partial charge is 0.478 e. The number of aromatic carboxylic acids is 1. The van der Waals surface area contributed by atoms with Crippen LogP contribution in [0.2, 0.25) is 5.02 Å². The number of hydrogen-bond acceptors (Lipinski definition) is 4. The van der Waals surface area contributed by atoms with Crippen molar-refractivity contribution in [3.8, 4) is 0 Å². The number of anilines is 2. The molecule has 128 valence electrons. The van der Waals surface area contributed by atoms with Crippen molar-refractivity contribution in [2.24, 2.45) is 0 Å². The highest BCUT2D eigenvalue weighted by Gasteiger charge is 2.21. The Morgan fingerprint density at radius 3 is 2.68 bits per heavy atom. The first-order chi connectivity index (χ1) is 11.9. The van der Waals surface area contributed by atoms with E-state index in [9.17, 15) is 13.6 Å². The molecule has 3 rings (SSSR count). The normalized spacial score (nSPS) is 10.7. The summed E-state index contributed by atoms with van der Waals surface area (Å²) >= 11 is 5.74. The molecule has 0 saturated carbocycles. The van der Waals surface area contributed by atoms with Crippen LogP contribution in [0.15, 0.2) is 36.7 Å². The molecule has 0 bridgehead atoms. The van der Waals surface area contributed by atoms with Gasteiger partial charge < -0.3 is 15.3 Å². The molecule has 0 radical (unpaired) electrons. The standard InChI is InChI=1S/C16H10ClF2N3O3/c1-25-22-7-20-15(21-8-2-3-12(18)11(17)4-8)10-5-13(19)9(16(23)24)6-14(10)22/h2-7H,1H3,(H,23,24)/p+1. The van der Waals surface area contributed by atoms with E-state index in [-0.39, 0.29) is 21.7 Å². The minimum atomic E-state index is -1.40. The van der Waals surface area contributed by atoms with Gasteiger partial charge in [0.2, 0.25) is 0 Å². The van der Waals surface area contributed by atoms with E-state index in [0.717, 1.165) is 12.1 Å². The SMILES string of the molecule is CO[n+]1cnc(Nc2ccc(F)c(Cl)c2)c2cc(F)c(C(=O)O)cc21. The van der Waals surface area contributed by atoms with Crippen LogP contribution in [0.25, 0.3) is 10.9 Å². The van der Waals surface area contributed by atoms with Crippen molar-refractivity contribution in [3.63, 3.8) is 0 Å². The first kappa shape index (κ1) is 16.8. The summed E-state index contributed by atoms with van der Waals surface area (Å²) in [6.45, 7) is 0. The third kappa shape index (κ3) is 3.16. The summed E-state index contributed by atoms with van der Waals surface area (Å²) in [5.41, 5.74) is 0.213. The second kappa shape index (κ2) is 6.48. The van der Waals surface area contributed by atoms with Crippen LogP contribution in [0.4, 0.5) is 20.3 Å². The molecule has 0 spiro atoms. The molecule has 3 aromatic rings.